The molecule has 1 aliphatic carbocycles. The number of rotatable bonds is 8. The monoisotopic (exact) mass is 370 g/mol. The summed E-state index contributed by atoms with van der Waals surface area (Å²) < 4.78 is 7.34. The van der Waals surface area contributed by atoms with Crippen molar-refractivity contribution in [2.45, 2.75) is 31.8 Å². The minimum Gasteiger partial charge on any atom is -0.378 e. The van der Waals surface area contributed by atoms with E-state index in [4.69, 9.17) is 9.84 Å². The molecular formula is C21H30N4O2. The SMILES string of the molecule is C=CCN(CC=C)C1CCc2c(c(C(=O)N3CCOCC3)nn2CC=C)C1. The van der Waals surface area contributed by atoms with Gasteiger partial charge in [-0.1, -0.05) is 18.2 Å². The van der Waals surface area contributed by atoms with Crippen molar-refractivity contribution < 1.29 is 9.53 Å². The summed E-state index contributed by atoms with van der Waals surface area (Å²) in [5.41, 5.74) is 2.89. The predicted molar refractivity (Wildman–Crippen MR) is 107 cm³/mol. The van der Waals surface area contributed by atoms with Gasteiger partial charge >= 0.3 is 0 Å². The first kappa shape index (κ1) is 19.6. The van der Waals surface area contributed by atoms with Crippen molar-refractivity contribution in [1.29, 1.82) is 0 Å². The molecule has 0 bridgehead atoms. The Hall–Kier alpha value is -2.18. The predicted octanol–water partition coefficient (Wildman–Crippen LogP) is 2.07. The maximum absolute atomic E-state index is 13.1. The number of carbonyl (C=O) groups is 1. The van der Waals surface area contributed by atoms with Crippen LogP contribution >= 0.6 is 0 Å². The number of morpholine rings is 1. The van der Waals surface area contributed by atoms with Crippen molar-refractivity contribution in [2.75, 3.05) is 39.4 Å². The Morgan fingerprint density at radius 2 is 1.89 bits per heavy atom. The average molecular weight is 370 g/mol. The van der Waals surface area contributed by atoms with E-state index >= 15 is 0 Å². The summed E-state index contributed by atoms with van der Waals surface area (Å²) in [6.07, 6.45) is 8.49. The van der Waals surface area contributed by atoms with Crippen LogP contribution in [0.4, 0.5) is 0 Å². The topological polar surface area (TPSA) is 50.6 Å². The second kappa shape index (κ2) is 9.15. The van der Waals surface area contributed by atoms with Gasteiger partial charge < -0.3 is 9.64 Å². The van der Waals surface area contributed by atoms with Gasteiger partial charge in [-0.15, -0.1) is 19.7 Å². The molecule has 2 aliphatic rings. The van der Waals surface area contributed by atoms with Gasteiger partial charge in [-0.05, 0) is 19.3 Å². The number of nitrogens with zero attached hydrogens (tertiary/aromatic N) is 4. The van der Waals surface area contributed by atoms with Crippen LogP contribution in [0.5, 0.6) is 0 Å². The Morgan fingerprint density at radius 1 is 1.19 bits per heavy atom. The zero-order chi connectivity index (χ0) is 19.2. The highest BCUT2D eigenvalue weighted by molar-refractivity contribution is 5.94. The standard InChI is InChI=1S/C21H30N4O2/c1-4-9-23(10-5-2)17-7-8-19-18(16-17)20(22-25(19)11-6-3)21(26)24-12-14-27-15-13-24/h4-6,17H,1-3,7-16H2. The molecule has 0 spiro atoms. The summed E-state index contributed by atoms with van der Waals surface area (Å²) in [5, 5.41) is 4.70. The number of hydrogen-bond donors (Lipinski definition) is 0. The van der Waals surface area contributed by atoms with Crippen LogP contribution < -0.4 is 0 Å². The van der Waals surface area contributed by atoms with Gasteiger partial charge in [0.25, 0.3) is 5.91 Å². The van der Waals surface area contributed by atoms with E-state index in [0.29, 0.717) is 44.6 Å². The Labute approximate surface area is 161 Å². The molecule has 1 aliphatic heterocycles. The molecule has 6 heteroatoms. The molecule has 1 aromatic rings. The van der Waals surface area contributed by atoms with Gasteiger partial charge in [0.2, 0.25) is 0 Å². The Morgan fingerprint density at radius 3 is 2.52 bits per heavy atom. The van der Waals surface area contributed by atoms with Gasteiger partial charge in [0.15, 0.2) is 5.69 Å². The van der Waals surface area contributed by atoms with E-state index < -0.39 is 0 Å². The highest BCUT2D eigenvalue weighted by Crippen LogP contribution is 2.28. The summed E-state index contributed by atoms with van der Waals surface area (Å²) >= 11 is 0. The molecule has 1 unspecified atom stereocenters. The van der Waals surface area contributed by atoms with Crippen molar-refractivity contribution in [1.82, 2.24) is 19.6 Å². The van der Waals surface area contributed by atoms with Crippen LogP contribution in [0.3, 0.4) is 0 Å². The van der Waals surface area contributed by atoms with Crippen molar-refractivity contribution in [3.8, 4) is 0 Å². The van der Waals surface area contributed by atoms with Gasteiger partial charge in [-0.25, -0.2) is 0 Å². The molecule has 1 saturated heterocycles. The van der Waals surface area contributed by atoms with E-state index in [2.05, 4.69) is 24.6 Å². The molecule has 1 atom stereocenters. The average Bonchev–Trinajstić information content (AvgIpc) is 3.06. The first-order chi connectivity index (χ1) is 13.2. The molecule has 0 aromatic carbocycles. The molecule has 3 rings (SSSR count). The number of allylic oxidation sites excluding steroid dienone is 1. The molecule has 1 amide bonds. The third-order valence-electron chi connectivity index (χ3n) is 5.37. The lowest BCUT2D eigenvalue weighted by Crippen LogP contribution is -2.42. The fourth-order valence-electron chi connectivity index (χ4n) is 4.05. The minimum atomic E-state index is 0.0250. The van der Waals surface area contributed by atoms with Crippen LogP contribution in [0.1, 0.15) is 28.2 Å². The second-order valence-electron chi connectivity index (χ2n) is 7.08. The van der Waals surface area contributed by atoms with Crippen LogP contribution in [0.25, 0.3) is 0 Å². The zero-order valence-corrected chi connectivity index (χ0v) is 16.1. The van der Waals surface area contributed by atoms with Gasteiger partial charge in [0.1, 0.15) is 0 Å². The minimum absolute atomic E-state index is 0.0250. The number of aromatic nitrogens is 2. The lowest BCUT2D eigenvalue weighted by atomic mass is 9.90. The van der Waals surface area contributed by atoms with Crippen molar-refractivity contribution >= 4 is 5.91 Å². The number of amides is 1. The Kier molecular flexibility index (Phi) is 6.63. The molecule has 6 nitrogen and oxygen atoms in total. The fourth-order valence-corrected chi connectivity index (χ4v) is 4.05. The van der Waals surface area contributed by atoms with E-state index in [1.54, 1.807) is 0 Å². The molecule has 146 valence electrons. The highest BCUT2D eigenvalue weighted by Gasteiger charge is 2.33. The lowest BCUT2D eigenvalue weighted by molar-refractivity contribution is 0.0297. The summed E-state index contributed by atoms with van der Waals surface area (Å²) in [6.45, 7) is 16.3. The maximum atomic E-state index is 13.1. The summed E-state index contributed by atoms with van der Waals surface area (Å²) in [4.78, 5) is 17.4. The molecular weight excluding hydrogens is 340 g/mol. The second-order valence-corrected chi connectivity index (χ2v) is 7.08. The Balaban J connectivity index is 1.89. The van der Waals surface area contributed by atoms with Crippen molar-refractivity contribution in [3.05, 3.63) is 54.9 Å². The molecule has 0 N–H and O–H groups in total. The van der Waals surface area contributed by atoms with Gasteiger partial charge in [0.05, 0.1) is 19.8 Å². The van der Waals surface area contributed by atoms with Gasteiger partial charge in [-0.2, -0.15) is 5.10 Å². The van der Waals surface area contributed by atoms with Crippen molar-refractivity contribution in [3.63, 3.8) is 0 Å². The zero-order valence-electron chi connectivity index (χ0n) is 16.1. The Bertz CT molecular complexity index is 693. The normalized spacial score (nSPS) is 19.6. The number of ether oxygens (including phenoxy) is 1. The third-order valence-corrected chi connectivity index (χ3v) is 5.37. The molecule has 0 radical (unpaired) electrons. The summed E-state index contributed by atoms with van der Waals surface area (Å²) in [5.74, 6) is 0.0250. The van der Waals surface area contributed by atoms with Crippen LogP contribution in [0.15, 0.2) is 38.0 Å². The van der Waals surface area contributed by atoms with E-state index in [1.807, 2.05) is 27.8 Å². The van der Waals surface area contributed by atoms with E-state index in [1.165, 1.54) is 5.69 Å². The van der Waals surface area contributed by atoms with Crippen molar-refractivity contribution in [2.24, 2.45) is 0 Å². The number of fused-ring (bicyclic) bond motifs is 1. The fraction of sp³-hybridized carbons (Fsp3) is 0.524. The highest BCUT2D eigenvalue weighted by atomic mass is 16.5. The first-order valence-electron chi connectivity index (χ1n) is 9.71. The molecule has 2 heterocycles. The van der Waals surface area contributed by atoms with Crippen LogP contribution in [-0.2, 0) is 24.1 Å². The molecule has 1 aromatic heterocycles. The van der Waals surface area contributed by atoms with E-state index in [0.717, 1.165) is 37.9 Å². The summed E-state index contributed by atoms with van der Waals surface area (Å²) in [7, 11) is 0. The largest absolute Gasteiger partial charge is 0.378 e. The van der Waals surface area contributed by atoms with Crippen LogP contribution in [0, 0.1) is 0 Å². The smallest absolute Gasteiger partial charge is 0.274 e. The molecule has 1 fully saturated rings. The molecule has 27 heavy (non-hydrogen) atoms. The quantitative estimate of drug-likeness (QED) is 0.658. The first-order valence-corrected chi connectivity index (χ1v) is 9.71. The van der Waals surface area contributed by atoms with E-state index in [-0.39, 0.29) is 5.91 Å². The maximum Gasteiger partial charge on any atom is 0.274 e. The van der Waals surface area contributed by atoms with Gasteiger partial charge in [0, 0.05) is 43.5 Å². The van der Waals surface area contributed by atoms with Gasteiger partial charge in [-0.3, -0.25) is 14.4 Å². The number of carbonyl (C=O) groups excluding carboxylic acids is 1. The third kappa shape index (κ3) is 4.22. The number of hydrogen-bond acceptors (Lipinski definition) is 4. The summed E-state index contributed by atoms with van der Waals surface area (Å²) in [6, 6.07) is 0.367. The van der Waals surface area contributed by atoms with Crippen LogP contribution in [0.2, 0.25) is 0 Å². The lowest BCUT2D eigenvalue weighted by Gasteiger charge is -2.33. The molecule has 0 saturated carbocycles. The van der Waals surface area contributed by atoms with Crippen LogP contribution in [-0.4, -0.2) is 70.9 Å². The van der Waals surface area contributed by atoms with E-state index in [9.17, 15) is 4.79 Å².